The molecule has 0 saturated heterocycles. The standard InChI is InChI=1S/C12H12IN3O/c1-14-12(17)10-4-2-9(3-5-10)7-16-8-11(13)6-15-16/h2-6,8H,7H2,1H3,(H,14,17). The fourth-order valence-corrected chi connectivity index (χ4v) is 1.96. The Morgan fingerprint density at radius 2 is 2.12 bits per heavy atom. The van der Waals surface area contributed by atoms with Gasteiger partial charge in [0, 0.05) is 18.8 Å². The normalized spacial score (nSPS) is 10.2. The molecule has 0 atom stereocenters. The van der Waals surface area contributed by atoms with Gasteiger partial charge in [-0.15, -0.1) is 0 Å². The smallest absolute Gasteiger partial charge is 0.251 e. The van der Waals surface area contributed by atoms with Gasteiger partial charge >= 0.3 is 0 Å². The second-order valence-corrected chi connectivity index (χ2v) is 4.88. The van der Waals surface area contributed by atoms with Crippen molar-refractivity contribution in [1.82, 2.24) is 15.1 Å². The molecule has 88 valence electrons. The van der Waals surface area contributed by atoms with Gasteiger partial charge in [0.2, 0.25) is 0 Å². The number of aromatic nitrogens is 2. The molecule has 4 nitrogen and oxygen atoms in total. The van der Waals surface area contributed by atoms with Crippen molar-refractivity contribution < 1.29 is 4.79 Å². The Labute approximate surface area is 113 Å². The summed E-state index contributed by atoms with van der Waals surface area (Å²) in [7, 11) is 1.63. The zero-order chi connectivity index (χ0) is 12.3. The lowest BCUT2D eigenvalue weighted by molar-refractivity contribution is 0.0963. The van der Waals surface area contributed by atoms with Crippen molar-refractivity contribution in [3.05, 3.63) is 51.4 Å². The Kier molecular flexibility index (Phi) is 3.78. The average molecular weight is 341 g/mol. The summed E-state index contributed by atoms with van der Waals surface area (Å²) in [5.74, 6) is -0.0646. The lowest BCUT2D eigenvalue weighted by atomic mass is 10.1. The maximum Gasteiger partial charge on any atom is 0.251 e. The highest BCUT2D eigenvalue weighted by molar-refractivity contribution is 14.1. The largest absolute Gasteiger partial charge is 0.355 e. The van der Waals surface area contributed by atoms with Gasteiger partial charge < -0.3 is 5.32 Å². The monoisotopic (exact) mass is 341 g/mol. The molecule has 1 N–H and O–H groups in total. The number of nitrogens with zero attached hydrogens (tertiary/aromatic N) is 2. The van der Waals surface area contributed by atoms with E-state index < -0.39 is 0 Å². The molecule has 1 aromatic heterocycles. The molecule has 2 aromatic rings. The number of nitrogens with one attached hydrogen (secondary N) is 1. The fraction of sp³-hybridized carbons (Fsp3) is 0.167. The number of halogens is 1. The summed E-state index contributed by atoms with van der Waals surface area (Å²) in [6.07, 6.45) is 3.80. The second-order valence-electron chi connectivity index (χ2n) is 3.63. The van der Waals surface area contributed by atoms with Crippen molar-refractivity contribution in [2.75, 3.05) is 7.05 Å². The van der Waals surface area contributed by atoms with E-state index in [9.17, 15) is 4.79 Å². The van der Waals surface area contributed by atoms with Crippen molar-refractivity contribution in [1.29, 1.82) is 0 Å². The Balaban J connectivity index is 2.10. The third-order valence-electron chi connectivity index (χ3n) is 2.39. The molecule has 1 heterocycles. The highest BCUT2D eigenvalue weighted by Gasteiger charge is 2.03. The molecular weight excluding hydrogens is 329 g/mol. The lowest BCUT2D eigenvalue weighted by Crippen LogP contribution is -2.17. The van der Waals surface area contributed by atoms with E-state index in [-0.39, 0.29) is 5.91 Å². The van der Waals surface area contributed by atoms with Crippen molar-refractivity contribution in [2.24, 2.45) is 0 Å². The molecule has 0 spiro atoms. The molecule has 0 aliphatic carbocycles. The van der Waals surface area contributed by atoms with E-state index in [0.29, 0.717) is 5.56 Å². The summed E-state index contributed by atoms with van der Waals surface area (Å²) in [5.41, 5.74) is 1.79. The highest BCUT2D eigenvalue weighted by atomic mass is 127. The van der Waals surface area contributed by atoms with Gasteiger partial charge in [0.05, 0.1) is 16.3 Å². The van der Waals surface area contributed by atoms with E-state index in [1.807, 2.05) is 41.3 Å². The molecule has 0 bridgehead atoms. The molecule has 17 heavy (non-hydrogen) atoms. The molecule has 0 aliphatic heterocycles. The van der Waals surface area contributed by atoms with Gasteiger partial charge in [0.1, 0.15) is 0 Å². The maximum absolute atomic E-state index is 11.4. The summed E-state index contributed by atoms with van der Waals surface area (Å²) < 4.78 is 2.99. The minimum Gasteiger partial charge on any atom is -0.355 e. The van der Waals surface area contributed by atoms with E-state index >= 15 is 0 Å². The zero-order valence-corrected chi connectivity index (χ0v) is 11.5. The number of carbonyl (C=O) groups excluding carboxylic acids is 1. The quantitative estimate of drug-likeness (QED) is 0.867. The van der Waals surface area contributed by atoms with Crippen LogP contribution >= 0.6 is 22.6 Å². The first-order valence-electron chi connectivity index (χ1n) is 5.18. The summed E-state index contributed by atoms with van der Waals surface area (Å²) in [6, 6.07) is 7.53. The number of amides is 1. The molecule has 5 heteroatoms. The molecule has 0 aliphatic rings. The van der Waals surface area contributed by atoms with E-state index in [1.165, 1.54) is 0 Å². The molecular formula is C12H12IN3O. The lowest BCUT2D eigenvalue weighted by Gasteiger charge is -2.03. The van der Waals surface area contributed by atoms with Crippen LogP contribution in [0.4, 0.5) is 0 Å². The number of carbonyl (C=O) groups is 1. The third kappa shape index (κ3) is 3.06. The maximum atomic E-state index is 11.4. The van der Waals surface area contributed by atoms with E-state index in [0.717, 1.165) is 15.7 Å². The van der Waals surface area contributed by atoms with Gasteiger partial charge in [-0.25, -0.2) is 0 Å². The second kappa shape index (κ2) is 5.31. The number of benzene rings is 1. The van der Waals surface area contributed by atoms with Crippen LogP contribution in [0.5, 0.6) is 0 Å². The Morgan fingerprint density at radius 1 is 1.41 bits per heavy atom. The summed E-state index contributed by atoms with van der Waals surface area (Å²) in [4.78, 5) is 11.4. The van der Waals surface area contributed by atoms with Crippen LogP contribution in [0, 0.1) is 3.57 Å². The van der Waals surface area contributed by atoms with E-state index in [1.54, 1.807) is 7.05 Å². The molecule has 1 aromatic carbocycles. The first-order valence-corrected chi connectivity index (χ1v) is 6.26. The van der Waals surface area contributed by atoms with E-state index in [2.05, 4.69) is 33.0 Å². The van der Waals surface area contributed by atoms with Crippen LogP contribution in [0.15, 0.2) is 36.7 Å². The molecule has 0 unspecified atom stereocenters. The van der Waals surface area contributed by atoms with Crippen molar-refractivity contribution in [3.8, 4) is 0 Å². The van der Waals surface area contributed by atoms with Crippen LogP contribution in [0.25, 0.3) is 0 Å². The van der Waals surface area contributed by atoms with Crippen LogP contribution in [-0.4, -0.2) is 22.7 Å². The summed E-state index contributed by atoms with van der Waals surface area (Å²) in [5, 5.41) is 6.81. The van der Waals surface area contributed by atoms with Gasteiger partial charge in [-0.3, -0.25) is 9.48 Å². The highest BCUT2D eigenvalue weighted by Crippen LogP contribution is 2.08. The van der Waals surface area contributed by atoms with Gasteiger partial charge in [0.25, 0.3) is 5.91 Å². The first-order chi connectivity index (χ1) is 8.19. The van der Waals surface area contributed by atoms with Crippen molar-refractivity contribution in [3.63, 3.8) is 0 Å². The third-order valence-corrected chi connectivity index (χ3v) is 2.95. The van der Waals surface area contributed by atoms with Gasteiger partial charge in [0.15, 0.2) is 0 Å². The Bertz CT molecular complexity index is 519. The molecule has 0 saturated carbocycles. The van der Waals surface area contributed by atoms with Crippen LogP contribution in [0.1, 0.15) is 15.9 Å². The predicted molar refractivity (Wildman–Crippen MR) is 73.9 cm³/mol. The van der Waals surface area contributed by atoms with Crippen molar-refractivity contribution in [2.45, 2.75) is 6.54 Å². The van der Waals surface area contributed by atoms with Gasteiger partial charge in [-0.05, 0) is 40.3 Å². The molecule has 2 rings (SSSR count). The topological polar surface area (TPSA) is 46.9 Å². The predicted octanol–water partition coefficient (Wildman–Crippen LogP) is 1.90. The molecule has 1 amide bonds. The van der Waals surface area contributed by atoms with Gasteiger partial charge in [-0.1, -0.05) is 12.1 Å². The zero-order valence-electron chi connectivity index (χ0n) is 9.35. The minimum absolute atomic E-state index is 0.0646. The molecule has 0 radical (unpaired) electrons. The van der Waals surface area contributed by atoms with Crippen LogP contribution in [0.3, 0.4) is 0 Å². The van der Waals surface area contributed by atoms with Gasteiger partial charge in [-0.2, -0.15) is 5.10 Å². The Hall–Kier alpha value is -1.37. The molecule has 0 fully saturated rings. The first kappa shape index (κ1) is 12.1. The van der Waals surface area contributed by atoms with Crippen LogP contribution in [-0.2, 0) is 6.54 Å². The van der Waals surface area contributed by atoms with Crippen LogP contribution in [0.2, 0.25) is 0 Å². The van der Waals surface area contributed by atoms with Crippen molar-refractivity contribution >= 4 is 28.5 Å². The summed E-state index contributed by atoms with van der Waals surface area (Å²) in [6.45, 7) is 0.719. The number of rotatable bonds is 3. The summed E-state index contributed by atoms with van der Waals surface area (Å²) >= 11 is 2.23. The van der Waals surface area contributed by atoms with Crippen LogP contribution < -0.4 is 5.32 Å². The Morgan fingerprint density at radius 3 is 2.65 bits per heavy atom. The fourth-order valence-electron chi connectivity index (χ4n) is 1.52. The minimum atomic E-state index is -0.0646. The van der Waals surface area contributed by atoms with E-state index in [4.69, 9.17) is 0 Å². The average Bonchev–Trinajstić information content (AvgIpc) is 2.75. The SMILES string of the molecule is CNC(=O)c1ccc(Cn2cc(I)cn2)cc1. The number of hydrogen-bond donors (Lipinski definition) is 1. The number of hydrogen-bond acceptors (Lipinski definition) is 2.